The molecule has 1 amide bonds. The molecule has 2 rings (SSSR count). The maximum absolute atomic E-state index is 11.1. The van der Waals surface area contributed by atoms with E-state index < -0.39 is 5.91 Å². The molecule has 2 N–H and O–H groups in total. The molecule has 3 nitrogen and oxygen atoms in total. The number of rotatable bonds is 2. The van der Waals surface area contributed by atoms with Gasteiger partial charge in [-0.25, -0.2) is 0 Å². The van der Waals surface area contributed by atoms with Gasteiger partial charge in [0.05, 0.1) is 6.26 Å². The molecule has 1 aromatic carbocycles. The van der Waals surface area contributed by atoms with Crippen molar-refractivity contribution in [2.24, 2.45) is 5.73 Å². The minimum absolute atomic E-state index is 0.221. The van der Waals surface area contributed by atoms with Crippen LogP contribution < -0.4 is 5.73 Å². The maximum Gasteiger partial charge on any atom is 0.285 e. The molecule has 0 aliphatic carbocycles. The van der Waals surface area contributed by atoms with Crippen molar-refractivity contribution in [3.63, 3.8) is 0 Å². The average Bonchev–Trinajstić information content (AvgIpc) is 2.61. The summed E-state index contributed by atoms with van der Waals surface area (Å²) in [6.07, 6.45) is 1.54. The van der Waals surface area contributed by atoms with Crippen LogP contribution in [0.1, 0.15) is 16.1 Å². The van der Waals surface area contributed by atoms with Crippen molar-refractivity contribution >= 4 is 5.91 Å². The number of hydrogen-bond donors (Lipinski definition) is 1. The molecule has 15 heavy (non-hydrogen) atoms. The van der Waals surface area contributed by atoms with Gasteiger partial charge in [-0.05, 0) is 18.1 Å². The van der Waals surface area contributed by atoms with Crippen molar-refractivity contribution in [1.29, 1.82) is 0 Å². The number of carbonyl (C=O) groups excluding carboxylic acids is 1. The zero-order valence-corrected chi connectivity index (χ0v) is 8.36. The molecule has 0 spiro atoms. The third-order valence-electron chi connectivity index (χ3n) is 2.26. The summed E-state index contributed by atoms with van der Waals surface area (Å²) in [7, 11) is 0. The standard InChI is InChI=1S/C12H11NO2/c1-8-7-15-11(12(13)14)10(8)9-5-3-2-4-6-9/h2-7H,1H3,(H2,13,14). The van der Waals surface area contributed by atoms with Crippen molar-refractivity contribution in [3.8, 4) is 11.1 Å². The molecule has 1 aromatic heterocycles. The minimum Gasteiger partial charge on any atom is -0.458 e. The lowest BCUT2D eigenvalue weighted by Crippen LogP contribution is -2.10. The Morgan fingerprint density at radius 2 is 1.93 bits per heavy atom. The number of furan rings is 1. The number of nitrogens with two attached hydrogens (primary N) is 1. The Morgan fingerprint density at radius 3 is 2.53 bits per heavy atom. The van der Waals surface area contributed by atoms with Gasteiger partial charge in [-0.15, -0.1) is 0 Å². The highest BCUT2D eigenvalue weighted by atomic mass is 16.3. The van der Waals surface area contributed by atoms with E-state index in [1.165, 1.54) is 0 Å². The predicted octanol–water partition coefficient (Wildman–Crippen LogP) is 2.35. The van der Waals surface area contributed by atoms with Crippen LogP contribution in [0, 0.1) is 6.92 Å². The fraction of sp³-hybridized carbons (Fsp3) is 0.0833. The molecule has 0 aliphatic rings. The summed E-state index contributed by atoms with van der Waals surface area (Å²) in [6, 6.07) is 9.58. The molecule has 0 bridgehead atoms. The second kappa shape index (κ2) is 3.61. The average molecular weight is 201 g/mol. The van der Waals surface area contributed by atoms with Gasteiger partial charge in [0.2, 0.25) is 0 Å². The van der Waals surface area contributed by atoms with Crippen LogP contribution >= 0.6 is 0 Å². The zero-order valence-electron chi connectivity index (χ0n) is 8.36. The topological polar surface area (TPSA) is 56.2 Å². The van der Waals surface area contributed by atoms with Crippen molar-refractivity contribution in [2.45, 2.75) is 6.92 Å². The van der Waals surface area contributed by atoms with Crippen molar-refractivity contribution in [1.82, 2.24) is 0 Å². The molecule has 3 heteroatoms. The van der Waals surface area contributed by atoms with E-state index in [-0.39, 0.29) is 5.76 Å². The van der Waals surface area contributed by atoms with Gasteiger partial charge in [0.1, 0.15) is 0 Å². The summed E-state index contributed by atoms with van der Waals surface area (Å²) in [4.78, 5) is 11.1. The predicted molar refractivity (Wildman–Crippen MR) is 57.4 cm³/mol. The Labute approximate surface area is 87.5 Å². The monoisotopic (exact) mass is 201 g/mol. The zero-order chi connectivity index (χ0) is 10.8. The van der Waals surface area contributed by atoms with E-state index in [0.717, 1.165) is 16.7 Å². The second-order valence-corrected chi connectivity index (χ2v) is 3.35. The van der Waals surface area contributed by atoms with Gasteiger partial charge >= 0.3 is 0 Å². The SMILES string of the molecule is Cc1coc(C(N)=O)c1-c1ccccc1. The van der Waals surface area contributed by atoms with E-state index in [1.54, 1.807) is 6.26 Å². The quantitative estimate of drug-likeness (QED) is 0.810. The number of carbonyl (C=O) groups is 1. The Morgan fingerprint density at radius 1 is 1.27 bits per heavy atom. The first-order valence-electron chi connectivity index (χ1n) is 4.63. The molecule has 0 aliphatic heterocycles. The molecule has 1 heterocycles. The van der Waals surface area contributed by atoms with Gasteiger partial charge in [-0.1, -0.05) is 30.3 Å². The normalized spacial score (nSPS) is 10.2. The van der Waals surface area contributed by atoms with Crippen LogP contribution in [0.15, 0.2) is 41.0 Å². The molecule has 0 unspecified atom stereocenters. The van der Waals surface area contributed by atoms with Gasteiger partial charge in [0.15, 0.2) is 5.76 Å². The third kappa shape index (κ3) is 1.64. The smallest absolute Gasteiger partial charge is 0.285 e. The van der Waals surface area contributed by atoms with E-state index in [2.05, 4.69) is 0 Å². The van der Waals surface area contributed by atoms with Crippen LogP contribution in [0.2, 0.25) is 0 Å². The number of primary amides is 1. The summed E-state index contributed by atoms with van der Waals surface area (Å²) in [5.74, 6) is -0.319. The summed E-state index contributed by atoms with van der Waals surface area (Å²) >= 11 is 0. The molecule has 0 saturated carbocycles. The summed E-state index contributed by atoms with van der Waals surface area (Å²) in [5.41, 5.74) is 7.87. The Kier molecular flexibility index (Phi) is 2.29. The number of benzene rings is 1. The molecule has 0 saturated heterocycles. The van der Waals surface area contributed by atoms with Crippen LogP contribution in [0.5, 0.6) is 0 Å². The molecular formula is C12H11NO2. The molecule has 0 fully saturated rings. The van der Waals surface area contributed by atoms with Crippen LogP contribution in [-0.2, 0) is 0 Å². The second-order valence-electron chi connectivity index (χ2n) is 3.35. The Hall–Kier alpha value is -2.03. The minimum atomic E-state index is -0.540. The largest absolute Gasteiger partial charge is 0.458 e. The first kappa shape index (κ1) is 9.52. The summed E-state index contributed by atoms with van der Waals surface area (Å²) in [6.45, 7) is 1.89. The van der Waals surface area contributed by atoms with E-state index in [9.17, 15) is 4.79 Å². The van der Waals surface area contributed by atoms with E-state index >= 15 is 0 Å². The molecule has 0 atom stereocenters. The number of aryl methyl sites for hydroxylation is 1. The highest BCUT2D eigenvalue weighted by Gasteiger charge is 2.16. The lowest BCUT2D eigenvalue weighted by molar-refractivity contribution is 0.0975. The number of hydrogen-bond acceptors (Lipinski definition) is 2. The van der Waals surface area contributed by atoms with Crippen molar-refractivity contribution in [3.05, 3.63) is 47.9 Å². The first-order valence-corrected chi connectivity index (χ1v) is 4.63. The Balaban J connectivity index is 2.62. The maximum atomic E-state index is 11.1. The van der Waals surface area contributed by atoms with E-state index in [1.807, 2.05) is 37.3 Å². The van der Waals surface area contributed by atoms with Crippen LogP contribution in [0.3, 0.4) is 0 Å². The third-order valence-corrected chi connectivity index (χ3v) is 2.26. The highest BCUT2D eigenvalue weighted by Crippen LogP contribution is 2.28. The molecule has 2 aromatic rings. The summed E-state index contributed by atoms with van der Waals surface area (Å²) < 4.78 is 5.14. The molecular weight excluding hydrogens is 190 g/mol. The lowest BCUT2D eigenvalue weighted by Gasteiger charge is -2.00. The fourth-order valence-corrected chi connectivity index (χ4v) is 1.59. The fourth-order valence-electron chi connectivity index (χ4n) is 1.59. The molecule has 76 valence electrons. The van der Waals surface area contributed by atoms with Crippen LogP contribution in [-0.4, -0.2) is 5.91 Å². The van der Waals surface area contributed by atoms with Crippen molar-refractivity contribution < 1.29 is 9.21 Å². The van der Waals surface area contributed by atoms with Gasteiger partial charge in [-0.3, -0.25) is 4.79 Å². The number of amides is 1. The lowest BCUT2D eigenvalue weighted by atomic mass is 10.0. The molecule has 0 radical (unpaired) electrons. The van der Waals surface area contributed by atoms with Gasteiger partial charge in [0.25, 0.3) is 5.91 Å². The summed E-state index contributed by atoms with van der Waals surface area (Å²) in [5, 5.41) is 0. The highest BCUT2D eigenvalue weighted by molar-refractivity contribution is 5.97. The van der Waals surface area contributed by atoms with Gasteiger partial charge < -0.3 is 10.2 Å². The van der Waals surface area contributed by atoms with E-state index in [4.69, 9.17) is 10.2 Å². The van der Waals surface area contributed by atoms with Crippen molar-refractivity contribution in [2.75, 3.05) is 0 Å². The van der Waals surface area contributed by atoms with Gasteiger partial charge in [0, 0.05) is 5.56 Å². The first-order chi connectivity index (χ1) is 7.20. The van der Waals surface area contributed by atoms with Gasteiger partial charge in [-0.2, -0.15) is 0 Å². The van der Waals surface area contributed by atoms with Crippen LogP contribution in [0.4, 0.5) is 0 Å². The van der Waals surface area contributed by atoms with Crippen LogP contribution in [0.25, 0.3) is 11.1 Å². The Bertz CT molecular complexity index is 486. The van der Waals surface area contributed by atoms with E-state index in [0.29, 0.717) is 0 Å².